The highest BCUT2D eigenvalue weighted by atomic mass is 16.6. The van der Waals surface area contributed by atoms with Crippen molar-refractivity contribution < 1.29 is 23.5 Å². The first kappa shape index (κ1) is 21.0. The molecule has 0 aliphatic heterocycles. The molecule has 0 spiro atoms. The molecule has 1 aromatic heterocycles. The Morgan fingerprint density at radius 2 is 1.70 bits per heavy atom. The van der Waals surface area contributed by atoms with Crippen LogP contribution in [0.3, 0.4) is 0 Å². The molecular weight excluding hydrogens is 384 g/mol. The number of carbonyl (C=O) groups is 2. The third-order valence-corrected chi connectivity index (χ3v) is 4.29. The van der Waals surface area contributed by atoms with Gasteiger partial charge in [-0.05, 0) is 55.5 Å². The third-order valence-electron chi connectivity index (χ3n) is 4.29. The van der Waals surface area contributed by atoms with Crippen LogP contribution in [0.25, 0.3) is 0 Å². The first-order chi connectivity index (χ1) is 14.4. The minimum Gasteiger partial charge on any atom is -0.486 e. The van der Waals surface area contributed by atoms with Crippen LogP contribution in [0.15, 0.2) is 71.1 Å². The molecule has 1 atom stereocenters. The van der Waals surface area contributed by atoms with Crippen LogP contribution in [0.1, 0.15) is 23.2 Å². The lowest BCUT2D eigenvalue weighted by atomic mass is 10.2. The fourth-order valence-corrected chi connectivity index (χ4v) is 2.60. The summed E-state index contributed by atoms with van der Waals surface area (Å²) >= 11 is 0. The summed E-state index contributed by atoms with van der Waals surface area (Å²) in [5, 5.41) is 2.72. The molecular formula is C23H24N2O5. The second kappa shape index (κ2) is 9.65. The quantitative estimate of drug-likeness (QED) is 0.565. The van der Waals surface area contributed by atoms with E-state index >= 15 is 0 Å². The van der Waals surface area contributed by atoms with E-state index in [4.69, 9.17) is 13.9 Å². The van der Waals surface area contributed by atoms with Crippen molar-refractivity contribution in [1.82, 2.24) is 0 Å². The van der Waals surface area contributed by atoms with Crippen molar-refractivity contribution in [2.75, 3.05) is 24.3 Å². The van der Waals surface area contributed by atoms with E-state index in [1.54, 1.807) is 18.2 Å². The molecule has 0 fully saturated rings. The Bertz CT molecular complexity index is 980. The summed E-state index contributed by atoms with van der Waals surface area (Å²) in [5.74, 6) is 0.0363. The van der Waals surface area contributed by atoms with Gasteiger partial charge in [0.1, 0.15) is 18.1 Å². The lowest BCUT2D eigenvalue weighted by Gasteiger charge is -2.15. The highest BCUT2D eigenvalue weighted by molar-refractivity contribution is 5.96. The van der Waals surface area contributed by atoms with E-state index in [-0.39, 0.29) is 12.4 Å². The molecule has 7 nitrogen and oxygen atoms in total. The lowest BCUT2D eigenvalue weighted by Crippen LogP contribution is -2.29. The molecule has 0 saturated carbocycles. The number of hydrogen-bond acceptors (Lipinski definition) is 6. The first-order valence-electron chi connectivity index (χ1n) is 9.48. The Balaban J connectivity index is 1.51. The molecule has 3 aromatic rings. The van der Waals surface area contributed by atoms with Crippen molar-refractivity contribution in [1.29, 1.82) is 0 Å². The van der Waals surface area contributed by atoms with Gasteiger partial charge in [0, 0.05) is 25.5 Å². The van der Waals surface area contributed by atoms with Gasteiger partial charge < -0.3 is 24.1 Å². The molecule has 1 amide bonds. The number of carbonyl (C=O) groups excluding carboxylic acids is 2. The molecule has 2 aromatic carbocycles. The Morgan fingerprint density at radius 1 is 1.00 bits per heavy atom. The summed E-state index contributed by atoms with van der Waals surface area (Å²) in [6.07, 6.45) is -0.986. The molecule has 1 heterocycles. The zero-order valence-electron chi connectivity index (χ0n) is 17.1. The summed E-state index contributed by atoms with van der Waals surface area (Å²) in [4.78, 5) is 26.5. The fourth-order valence-electron chi connectivity index (χ4n) is 2.60. The zero-order chi connectivity index (χ0) is 21.5. The SMILES string of the molecule is CC(OC(=O)c1ccc(COc2ccccc2)o1)C(=O)Nc1ccc(N(C)C)cc1. The average molecular weight is 408 g/mol. The number of nitrogens with one attached hydrogen (secondary N) is 1. The van der Waals surface area contributed by atoms with E-state index in [2.05, 4.69) is 5.32 Å². The predicted octanol–water partition coefficient (Wildman–Crippen LogP) is 4.11. The van der Waals surface area contributed by atoms with Crippen molar-refractivity contribution in [3.8, 4) is 5.75 Å². The number of benzene rings is 2. The van der Waals surface area contributed by atoms with Crippen LogP contribution in [0.2, 0.25) is 0 Å². The molecule has 0 saturated heterocycles. The Morgan fingerprint density at radius 3 is 2.37 bits per heavy atom. The minimum atomic E-state index is -0.986. The maximum absolute atomic E-state index is 12.3. The number of nitrogens with zero attached hydrogens (tertiary/aromatic N) is 1. The maximum atomic E-state index is 12.3. The summed E-state index contributed by atoms with van der Waals surface area (Å²) in [7, 11) is 3.87. The van der Waals surface area contributed by atoms with Crippen LogP contribution in [-0.4, -0.2) is 32.1 Å². The number of amides is 1. The van der Waals surface area contributed by atoms with Crippen molar-refractivity contribution in [3.63, 3.8) is 0 Å². The van der Waals surface area contributed by atoms with Crippen molar-refractivity contribution in [2.24, 2.45) is 0 Å². The van der Waals surface area contributed by atoms with Crippen LogP contribution in [0.4, 0.5) is 11.4 Å². The molecule has 1 N–H and O–H groups in total. The van der Waals surface area contributed by atoms with E-state index < -0.39 is 18.0 Å². The monoisotopic (exact) mass is 408 g/mol. The number of esters is 1. The predicted molar refractivity (Wildman–Crippen MR) is 114 cm³/mol. The van der Waals surface area contributed by atoms with E-state index in [1.165, 1.54) is 13.0 Å². The number of hydrogen-bond donors (Lipinski definition) is 1. The molecule has 156 valence electrons. The average Bonchev–Trinajstić information content (AvgIpc) is 3.22. The van der Waals surface area contributed by atoms with Crippen molar-refractivity contribution in [2.45, 2.75) is 19.6 Å². The molecule has 0 aliphatic carbocycles. The Kier molecular flexibility index (Phi) is 6.75. The zero-order valence-corrected chi connectivity index (χ0v) is 17.1. The van der Waals surface area contributed by atoms with E-state index in [0.29, 0.717) is 17.2 Å². The maximum Gasteiger partial charge on any atom is 0.375 e. The number of ether oxygens (including phenoxy) is 2. The summed E-state index contributed by atoms with van der Waals surface area (Å²) in [6.45, 7) is 1.68. The molecule has 1 unspecified atom stereocenters. The summed E-state index contributed by atoms with van der Waals surface area (Å²) in [5.41, 5.74) is 1.63. The van der Waals surface area contributed by atoms with E-state index in [9.17, 15) is 9.59 Å². The van der Waals surface area contributed by atoms with Gasteiger partial charge in [0.2, 0.25) is 5.76 Å². The number of rotatable bonds is 8. The summed E-state index contributed by atoms with van der Waals surface area (Å²) in [6, 6.07) is 19.7. The fraction of sp³-hybridized carbons (Fsp3) is 0.217. The van der Waals surface area contributed by atoms with Gasteiger partial charge in [-0.3, -0.25) is 4.79 Å². The van der Waals surface area contributed by atoms with E-state index in [1.807, 2.05) is 61.5 Å². The molecule has 0 aliphatic rings. The van der Waals surface area contributed by atoms with Gasteiger partial charge in [-0.25, -0.2) is 4.79 Å². The lowest BCUT2D eigenvalue weighted by molar-refractivity contribution is -0.123. The Labute approximate surface area is 175 Å². The van der Waals surface area contributed by atoms with Gasteiger partial charge >= 0.3 is 5.97 Å². The second-order valence-electron chi connectivity index (χ2n) is 6.85. The minimum absolute atomic E-state index is 0.0108. The second-order valence-corrected chi connectivity index (χ2v) is 6.85. The highest BCUT2D eigenvalue weighted by Crippen LogP contribution is 2.17. The van der Waals surface area contributed by atoms with Crippen LogP contribution in [-0.2, 0) is 16.1 Å². The van der Waals surface area contributed by atoms with Gasteiger partial charge in [-0.1, -0.05) is 18.2 Å². The van der Waals surface area contributed by atoms with Crippen molar-refractivity contribution >= 4 is 23.3 Å². The molecule has 3 rings (SSSR count). The number of para-hydroxylation sites is 1. The van der Waals surface area contributed by atoms with Crippen LogP contribution in [0, 0.1) is 0 Å². The molecule has 0 bridgehead atoms. The molecule has 30 heavy (non-hydrogen) atoms. The first-order valence-corrected chi connectivity index (χ1v) is 9.48. The van der Waals surface area contributed by atoms with Crippen LogP contribution >= 0.6 is 0 Å². The number of furan rings is 1. The topological polar surface area (TPSA) is 81.0 Å². The smallest absolute Gasteiger partial charge is 0.375 e. The largest absolute Gasteiger partial charge is 0.486 e. The molecule has 7 heteroatoms. The van der Waals surface area contributed by atoms with Crippen LogP contribution < -0.4 is 15.0 Å². The number of anilines is 2. The van der Waals surface area contributed by atoms with Gasteiger partial charge in [0.15, 0.2) is 6.10 Å². The third kappa shape index (κ3) is 5.64. The van der Waals surface area contributed by atoms with Gasteiger partial charge in [-0.2, -0.15) is 0 Å². The Hall–Kier alpha value is -3.74. The standard InChI is InChI=1S/C23H24N2O5/c1-16(22(26)24-17-9-11-18(12-10-17)25(2)3)29-23(27)21-14-13-20(30-21)15-28-19-7-5-4-6-8-19/h4-14,16H,15H2,1-3H3,(H,24,26). The molecule has 0 radical (unpaired) electrons. The van der Waals surface area contributed by atoms with Gasteiger partial charge in [-0.15, -0.1) is 0 Å². The van der Waals surface area contributed by atoms with Crippen molar-refractivity contribution in [3.05, 3.63) is 78.3 Å². The van der Waals surface area contributed by atoms with E-state index in [0.717, 1.165) is 5.69 Å². The normalized spacial score (nSPS) is 11.4. The highest BCUT2D eigenvalue weighted by Gasteiger charge is 2.21. The van der Waals surface area contributed by atoms with Crippen LogP contribution in [0.5, 0.6) is 5.75 Å². The van der Waals surface area contributed by atoms with Gasteiger partial charge in [0.25, 0.3) is 5.91 Å². The van der Waals surface area contributed by atoms with Gasteiger partial charge in [0.05, 0.1) is 0 Å². The summed E-state index contributed by atoms with van der Waals surface area (Å²) < 4.78 is 16.3.